The molecule has 0 unspecified atom stereocenters. The molecular formula is C17H20N6. The van der Waals surface area contributed by atoms with E-state index in [9.17, 15) is 0 Å². The number of nitrogens with one attached hydrogen (secondary N) is 2. The van der Waals surface area contributed by atoms with E-state index in [0.29, 0.717) is 0 Å². The van der Waals surface area contributed by atoms with Gasteiger partial charge in [-0.15, -0.1) is 6.58 Å². The van der Waals surface area contributed by atoms with Gasteiger partial charge in [-0.1, -0.05) is 18.2 Å². The van der Waals surface area contributed by atoms with E-state index >= 15 is 0 Å². The summed E-state index contributed by atoms with van der Waals surface area (Å²) in [5.41, 5.74) is 2.98. The van der Waals surface area contributed by atoms with Crippen molar-refractivity contribution in [3.8, 4) is 0 Å². The first-order valence-electron chi connectivity index (χ1n) is 7.92. The first kappa shape index (κ1) is 14.0. The second-order valence-electron chi connectivity index (χ2n) is 5.81. The minimum atomic E-state index is 0.905. The zero-order valence-corrected chi connectivity index (χ0v) is 13.0. The fourth-order valence-corrected chi connectivity index (χ4v) is 3.10. The molecule has 2 aromatic rings. The average molecular weight is 308 g/mol. The van der Waals surface area contributed by atoms with Crippen molar-refractivity contribution in [2.75, 3.05) is 38.0 Å². The van der Waals surface area contributed by atoms with E-state index in [-0.39, 0.29) is 0 Å². The highest BCUT2D eigenvalue weighted by molar-refractivity contribution is 6.06. The number of piperazine rings is 1. The van der Waals surface area contributed by atoms with Crippen molar-refractivity contribution in [3.63, 3.8) is 0 Å². The lowest BCUT2D eigenvalue weighted by molar-refractivity contribution is 0.198. The summed E-state index contributed by atoms with van der Waals surface area (Å²) in [6.45, 7) is 8.73. The number of fused-ring (bicyclic) bond motifs is 2. The van der Waals surface area contributed by atoms with Crippen LogP contribution in [0.4, 0.5) is 17.2 Å². The number of H-pyrrole nitrogens is 1. The van der Waals surface area contributed by atoms with Gasteiger partial charge in [0.05, 0.1) is 23.1 Å². The van der Waals surface area contributed by atoms with Gasteiger partial charge in [0, 0.05) is 32.7 Å². The summed E-state index contributed by atoms with van der Waals surface area (Å²) >= 11 is 0. The standard InChI is InChI=1S/C17H20N6/c1-2-7-22-8-10-23(11-9-22)17-13-12-18-21-16(13)19-14-5-3-4-6-15(14)20-17/h2-6,12H,1,7-11H2,(H2,18,19,21). The molecule has 1 aromatic carbocycles. The molecule has 0 spiro atoms. The lowest BCUT2D eigenvalue weighted by Crippen LogP contribution is -2.48. The van der Waals surface area contributed by atoms with E-state index in [4.69, 9.17) is 4.99 Å². The van der Waals surface area contributed by atoms with Crippen LogP contribution in [-0.4, -0.2) is 58.6 Å². The highest BCUT2D eigenvalue weighted by Crippen LogP contribution is 2.33. The van der Waals surface area contributed by atoms with Crippen molar-refractivity contribution in [2.45, 2.75) is 0 Å². The van der Waals surface area contributed by atoms with Crippen LogP contribution in [0.15, 0.2) is 48.1 Å². The van der Waals surface area contributed by atoms with E-state index in [2.05, 4.69) is 31.9 Å². The maximum Gasteiger partial charge on any atom is 0.142 e. The predicted molar refractivity (Wildman–Crippen MR) is 92.7 cm³/mol. The van der Waals surface area contributed by atoms with Crippen LogP contribution in [0.3, 0.4) is 0 Å². The number of aromatic amines is 1. The number of rotatable bonds is 2. The lowest BCUT2D eigenvalue weighted by Gasteiger charge is -2.35. The third-order valence-corrected chi connectivity index (χ3v) is 4.33. The van der Waals surface area contributed by atoms with E-state index in [1.807, 2.05) is 36.5 Å². The Bertz CT molecular complexity index is 739. The summed E-state index contributed by atoms with van der Waals surface area (Å²) in [4.78, 5) is 9.68. The number of nitrogens with zero attached hydrogens (tertiary/aromatic N) is 4. The lowest BCUT2D eigenvalue weighted by atomic mass is 10.2. The van der Waals surface area contributed by atoms with E-state index in [0.717, 1.165) is 61.3 Å². The summed E-state index contributed by atoms with van der Waals surface area (Å²) in [5, 5.41) is 10.6. The zero-order chi connectivity index (χ0) is 15.6. The fourth-order valence-electron chi connectivity index (χ4n) is 3.10. The Kier molecular flexibility index (Phi) is 3.59. The van der Waals surface area contributed by atoms with Gasteiger partial charge in [0.25, 0.3) is 0 Å². The van der Waals surface area contributed by atoms with Crippen molar-refractivity contribution in [2.24, 2.45) is 4.99 Å². The number of hydrogen-bond acceptors (Lipinski definition) is 5. The van der Waals surface area contributed by atoms with Crippen LogP contribution in [0.25, 0.3) is 0 Å². The topological polar surface area (TPSA) is 59.5 Å². The SMILES string of the molecule is C=CCN1CCN(C2=Nc3ccccc3Nc3[nH]ncc32)CC1. The Hall–Kier alpha value is -2.60. The van der Waals surface area contributed by atoms with Gasteiger partial charge in [-0.3, -0.25) is 10.00 Å². The van der Waals surface area contributed by atoms with Crippen LogP contribution < -0.4 is 5.32 Å². The molecule has 6 nitrogen and oxygen atoms in total. The average Bonchev–Trinajstić information content (AvgIpc) is 2.97. The number of para-hydroxylation sites is 2. The van der Waals surface area contributed by atoms with Gasteiger partial charge in [0.15, 0.2) is 0 Å². The third kappa shape index (κ3) is 2.61. The molecule has 6 heteroatoms. The Balaban J connectivity index is 1.67. The molecule has 0 saturated carbocycles. The number of hydrogen-bond donors (Lipinski definition) is 2. The molecule has 2 aliphatic rings. The molecule has 2 aliphatic heterocycles. The Morgan fingerprint density at radius 3 is 2.83 bits per heavy atom. The van der Waals surface area contributed by atoms with Crippen molar-refractivity contribution in [1.29, 1.82) is 0 Å². The second kappa shape index (κ2) is 5.89. The highest BCUT2D eigenvalue weighted by Gasteiger charge is 2.25. The van der Waals surface area contributed by atoms with Gasteiger partial charge in [0.2, 0.25) is 0 Å². The molecule has 0 radical (unpaired) electrons. The first-order chi connectivity index (χ1) is 11.3. The van der Waals surface area contributed by atoms with Crippen LogP contribution in [0.1, 0.15) is 5.56 Å². The first-order valence-corrected chi connectivity index (χ1v) is 7.92. The predicted octanol–water partition coefficient (Wildman–Crippen LogP) is 2.35. The number of amidine groups is 1. The molecule has 23 heavy (non-hydrogen) atoms. The molecule has 0 atom stereocenters. The van der Waals surface area contributed by atoms with Crippen molar-refractivity contribution in [3.05, 3.63) is 48.7 Å². The van der Waals surface area contributed by atoms with Crippen LogP contribution in [0.5, 0.6) is 0 Å². The molecule has 4 rings (SSSR count). The molecular weight excluding hydrogens is 288 g/mol. The van der Waals surface area contributed by atoms with Crippen LogP contribution in [0, 0.1) is 0 Å². The Morgan fingerprint density at radius 2 is 2.00 bits per heavy atom. The quantitative estimate of drug-likeness (QED) is 0.836. The van der Waals surface area contributed by atoms with Crippen LogP contribution >= 0.6 is 0 Å². The largest absolute Gasteiger partial charge is 0.353 e. The number of benzene rings is 1. The highest BCUT2D eigenvalue weighted by atomic mass is 15.3. The van der Waals surface area contributed by atoms with Gasteiger partial charge in [-0.2, -0.15) is 5.10 Å². The minimum Gasteiger partial charge on any atom is -0.353 e. The van der Waals surface area contributed by atoms with E-state index in [1.54, 1.807) is 0 Å². The maximum atomic E-state index is 4.93. The fraction of sp³-hybridized carbons (Fsp3) is 0.294. The third-order valence-electron chi connectivity index (χ3n) is 4.33. The van der Waals surface area contributed by atoms with Crippen molar-refractivity contribution in [1.82, 2.24) is 20.0 Å². The van der Waals surface area contributed by atoms with Gasteiger partial charge in [-0.25, -0.2) is 4.99 Å². The summed E-state index contributed by atoms with van der Waals surface area (Å²) < 4.78 is 0. The van der Waals surface area contributed by atoms with E-state index < -0.39 is 0 Å². The number of aliphatic imine (C=N–C) groups is 1. The zero-order valence-electron chi connectivity index (χ0n) is 13.0. The molecule has 0 amide bonds. The molecule has 1 aromatic heterocycles. The molecule has 0 bridgehead atoms. The van der Waals surface area contributed by atoms with Gasteiger partial charge in [0.1, 0.15) is 11.7 Å². The number of aromatic nitrogens is 2. The molecule has 1 saturated heterocycles. The van der Waals surface area contributed by atoms with Crippen molar-refractivity contribution < 1.29 is 0 Å². The van der Waals surface area contributed by atoms with Crippen LogP contribution in [-0.2, 0) is 0 Å². The molecule has 0 aliphatic carbocycles. The van der Waals surface area contributed by atoms with Gasteiger partial charge < -0.3 is 10.2 Å². The summed E-state index contributed by atoms with van der Waals surface area (Å²) in [5.74, 6) is 1.90. The molecule has 3 heterocycles. The monoisotopic (exact) mass is 308 g/mol. The van der Waals surface area contributed by atoms with Gasteiger partial charge in [-0.05, 0) is 12.1 Å². The molecule has 1 fully saturated rings. The summed E-state index contributed by atoms with van der Waals surface area (Å²) in [6.07, 6.45) is 3.82. The molecule has 118 valence electrons. The van der Waals surface area contributed by atoms with E-state index in [1.165, 1.54) is 0 Å². The Labute approximate surface area is 135 Å². The minimum absolute atomic E-state index is 0.905. The number of anilines is 2. The normalized spacial score (nSPS) is 17.6. The smallest absolute Gasteiger partial charge is 0.142 e. The Morgan fingerprint density at radius 1 is 1.17 bits per heavy atom. The summed E-state index contributed by atoms with van der Waals surface area (Å²) in [7, 11) is 0. The van der Waals surface area contributed by atoms with Gasteiger partial charge >= 0.3 is 0 Å². The maximum absolute atomic E-state index is 4.93. The van der Waals surface area contributed by atoms with Crippen LogP contribution in [0.2, 0.25) is 0 Å². The molecule has 2 N–H and O–H groups in total. The second-order valence-corrected chi connectivity index (χ2v) is 5.81. The summed E-state index contributed by atoms with van der Waals surface area (Å²) in [6, 6.07) is 8.10. The van der Waals surface area contributed by atoms with Crippen molar-refractivity contribution >= 4 is 23.0 Å².